The van der Waals surface area contributed by atoms with Crippen molar-refractivity contribution in [1.82, 2.24) is 19.5 Å². The van der Waals surface area contributed by atoms with E-state index in [-0.39, 0.29) is 17.0 Å². The summed E-state index contributed by atoms with van der Waals surface area (Å²) in [4.78, 5) is 31.6. The van der Waals surface area contributed by atoms with E-state index in [9.17, 15) is 44.4 Å². The summed E-state index contributed by atoms with van der Waals surface area (Å²) in [6, 6.07) is 0. The molecule has 7 N–H and O–H groups in total. The number of hydrogen-bond acceptors (Lipinski definition) is 16. The fourth-order valence-electron chi connectivity index (χ4n) is 3.64. The second-order valence-electron chi connectivity index (χ2n) is 7.91. The third kappa shape index (κ3) is 6.00. The van der Waals surface area contributed by atoms with Crippen LogP contribution in [-0.4, -0.2) is 118 Å². The standard InChI is InChI=1S/C16H24N4O15P2/c1-30-14-8-13(17-4-18-14)20(5-19-8)15-11(23)9(21)6(33-15)2-31-36(26,27)35-37(28,29)32-3-7-10(22)12(24)16(25)34-7/h4-7,9-12,15-16,21-25H,2-3H2,1H3,(H,26,27)(H,28,29)/t6-,7-,9-,10-,11-,12-,15-,16?/m1/s1. The molecule has 21 heteroatoms. The lowest BCUT2D eigenvalue weighted by molar-refractivity contribution is -0.132. The molecule has 0 aromatic carbocycles. The normalized spacial score (nSPS) is 35.5. The number of ether oxygens (including phenoxy) is 3. The molecule has 0 bridgehead atoms. The van der Waals surface area contributed by atoms with E-state index in [2.05, 4.69) is 28.3 Å². The zero-order valence-electron chi connectivity index (χ0n) is 18.8. The molecule has 0 saturated carbocycles. The molecule has 2 aliphatic rings. The van der Waals surface area contributed by atoms with Crippen molar-refractivity contribution in [1.29, 1.82) is 0 Å². The average Bonchev–Trinajstić information content (AvgIpc) is 3.46. The van der Waals surface area contributed by atoms with Crippen LogP contribution in [0.1, 0.15) is 6.23 Å². The van der Waals surface area contributed by atoms with Crippen molar-refractivity contribution < 1.29 is 72.0 Å². The largest absolute Gasteiger partial charge is 0.481 e. The maximum atomic E-state index is 12.2. The molecule has 19 nitrogen and oxygen atoms in total. The van der Waals surface area contributed by atoms with Gasteiger partial charge in [-0.1, -0.05) is 0 Å². The van der Waals surface area contributed by atoms with E-state index in [0.717, 1.165) is 0 Å². The Hall–Kier alpha value is -1.67. The first-order chi connectivity index (χ1) is 17.3. The van der Waals surface area contributed by atoms with Crippen molar-refractivity contribution in [3.63, 3.8) is 0 Å². The first-order valence-corrected chi connectivity index (χ1v) is 13.4. The quantitative estimate of drug-likeness (QED) is 0.141. The van der Waals surface area contributed by atoms with Crippen LogP contribution in [-0.2, 0) is 32.0 Å². The van der Waals surface area contributed by atoms with Crippen molar-refractivity contribution in [2.45, 2.75) is 49.1 Å². The zero-order valence-corrected chi connectivity index (χ0v) is 20.6. The zero-order chi connectivity index (χ0) is 27.1. The number of nitrogens with zero attached hydrogens (tertiary/aromatic N) is 4. The molecule has 0 spiro atoms. The van der Waals surface area contributed by atoms with E-state index >= 15 is 0 Å². The summed E-state index contributed by atoms with van der Waals surface area (Å²) in [5.41, 5.74) is 0.428. The summed E-state index contributed by atoms with van der Waals surface area (Å²) in [5, 5.41) is 49.1. The van der Waals surface area contributed by atoms with Gasteiger partial charge in [-0.2, -0.15) is 9.29 Å². The van der Waals surface area contributed by atoms with Gasteiger partial charge in [0, 0.05) is 0 Å². The molecular weight excluding hydrogens is 550 g/mol. The van der Waals surface area contributed by atoms with Crippen LogP contribution in [0.3, 0.4) is 0 Å². The van der Waals surface area contributed by atoms with Gasteiger partial charge in [0.1, 0.15) is 43.0 Å². The summed E-state index contributed by atoms with van der Waals surface area (Å²) in [6.45, 7) is -1.79. The van der Waals surface area contributed by atoms with Gasteiger partial charge in [-0.15, -0.1) is 0 Å². The van der Waals surface area contributed by atoms with Crippen molar-refractivity contribution in [3.05, 3.63) is 12.7 Å². The summed E-state index contributed by atoms with van der Waals surface area (Å²) in [7, 11) is -9.24. The Morgan fingerprint density at radius 1 is 0.892 bits per heavy atom. The third-order valence-corrected chi connectivity index (χ3v) is 8.08. The van der Waals surface area contributed by atoms with E-state index in [1.165, 1.54) is 24.3 Å². The molecule has 2 aromatic rings. The average molecular weight is 574 g/mol. The van der Waals surface area contributed by atoms with Gasteiger partial charge in [0.25, 0.3) is 0 Å². The topological polar surface area (TPSA) is 275 Å². The van der Waals surface area contributed by atoms with Gasteiger partial charge in [-0.05, 0) is 0 Å². The highest BCUT2D eigenvalue weighted by molar-refractivity contribution is 7.61. The number of imidazole rings is 1. The van der Waals surface area contributed by atoms with Gasteiger partial charge >= 0.3 is 15.6 Å². The highest BCUT2D eigenvalue weighted by Gasteiger charge is 2.47. The second-order valence-corrected chi connectivity index (χ2v) is 11.0. The Morgan fingerprint density at radius 2 is 1.49 bits per heavy atom. The number of rotatable bonds is 10. The first-order valence-electron chi connectivity index (χ1n) is 10.4. The predicted octanol–water partition coefficient (Wildman–Crippen LogP) is -2.86. The summed E-state index contributed by atoms with van der Waals surface area (Å²) < 4.78 is 54.1. The third-order valence-electron chi connectivity index (χ3n) is 5.48. The molecule has 0 aliphatic carbocycles. The molecule has 3 unspecified atom stereocenters. The molecule has 37 heavy (non-hydrogen) atoms. The van der Waals surface area contributed by atoms with Crippen LogP contribution < -0.4 is 4.74 Å². The van der Waals surface area contributed by atoms with E-state index < -0.39 is 78.0 Å². The van der Waals surface area contributed by atoms with Crippen molar-refractivity contribution in [2.24, 2.45) is 0 Å². The fourth-order valence-corrected chi connectivity index (χ4v) is 5.73. The molecule has 208 valence electrons. The lowest BCUT2D eigenvalue weighted by atomic mass is 10.1. The van der Waals surface area contributed by atoms with Crippen molar-refractivity contribution >= 4 is 26.8 Å². The van der Waals surface area contributed by atoms with Gasteiger partial charge < -0.3 is 49.5 Å². The van der Waals surface area contributed by atoms with Crippen molar-refractivity contribution in [2.75, 3.05) is 20.3 Å². The number of aromatic nitrogens is 4. The number of phosphoric ester groups is 2. The van der Waals surface area contributed by atoms with Gasteiger partial charge in [0.2, 0.25) is 5.88 Å². The highest BCUT2D eigenvalue weighted by Crippen LogP contribution is 2.60. The molecule has 0 amide bonds. The van der Waals surface area contributed by atoms with Gasteiger partial charge in [0.05, 0.1) is 26.7 Å². The van der Waals surface area contributed by atoms with Crippen LogP contribution in [0.2, 0.25) is 0 Å². The lowest BCUT2D eigenvalue weighted by Crippen LogP contribution is -2.34. The number of phosphoric acid groups is 2. The van der Waals surface area contributed by atoms with E-state index in [0.29, 0.717) is 0 Å². The summed E-state index contributed by atoms with van der Waals surface area (Å²) >= 11 is 0. The number of methoxy groups -OCH3 is 1. The summed E-state index contributed by atoms with van der Waals surface area (Å²) in [6.07, 6.45) is -10.1. The molecule has 2 aromatic heterocycles. The van der Waals surface area contributed by atoms with Crippen LogP contribution in [0.15, 0.2) is 12.7 Å². The van der Waals surface area contributed by atoms with Crippen LogP contribution in [0.4, 0.5) is 0 Å². The molecule has 2 aliphatic heterocycles. The number of aliphatic hydroxyl groups excluding tert-OH is 5. The number of aliphatic hydroxyl groups is 5. The maximum absolute atomic E-state index is 12.2. The minimum absolute atomic E-state index is 0.145. The smallest absolute Gasteiger partial charge is 0.479 e. The molecule has 4 rings (SSSR count). The number of fused-ring (bicyclic) bond motifs is 1. The number of hydrogen-bond donors (Lipinski definition) is 7. The Morgan fingerprint density at radius 3 is 2.05 bits per heavy atom. The fraction of sp³-hybridized carbons (Fsp3) is 0.688. The molecule has 0 radical (unpaired) electrons. The molecule has 2 fully saturated rings. The lowest BCUT2D eigenvalue weighted by Gasteiger charge is -2.20. The summed E-state index contributed by atoms with van der Waals surface area (Å²) in [5.74, 6) is 0.145. The van der Waals surface area contributed by atoms with E-state index in [1.807, 2.05) is 0 Å². The van der Waals surface area contributed by atoms with Crippen LogP contribution in [0.5, 0.6) is 5.88 Å². The predicted molar refractivity (Wildman–Crippen MR) is 113 cm³/mol. The van der Waals surface area contributed by atoms with Crippen LogP contribution >= 0.6 is 15.6 Å². The molecule has 10 atom stereocenters. The van der Waals surface area contributed by atoms with Crippen molar-refractivity contribution in [3.8, 4) is 5.88 Å². The Bertz CT molecular complexity index is 1200. The van der Waals surface area contributed by atoms with Crippen LogP contribution in [0, 0.1) is 0 Å². The van der Waals surface area contributed by atoms with E-state index in [4.69, 9.17) is 14.2 Å². The van der Waals surface area contributed by atoms with Gasteiger partial charge in [-0.25, -0.2) is 19.1 Å². The molecular formula is C16H24N4O15P2. The van der Waals surface area contributed by atoms with Gasteiger partial charge in [0.15, 0.2) is 23.7 Å². The minimum atomic E-state index is -5.31. The molecule has 4 heterocycles. The van der Waals surface area contributed by atoms with E-state index in [1.54, 1.807) is 0 Å². The Kier molecular flexibility index (Phi) is 8.30. The van der Waals surface area contributed by atoms with Gasteiger partial charge in [-0.3, -0.25) is 13.6 Å². The first kappa shape index (κ1) is 28.3. The Balaban J connectivity index is 1.35. The SMILES string of the molecule is COc1ncnc2c1ncn2[C@@H]1O[C@H](COP(=O)(O)OP(=O)(O)OC[C@H]2OC(O)[C@H](O)[C@@H]2O)[C@@H](O)[C@H]1O. The minimum Gasteiger partial charge on any atom is -0.479 e. The Labute approximate surface area is 207 Å². The molecule has 2 saturated heterocycles. The highest BCUT2D eigenvalue weighted by atomic mass is 31.3. The second kappa shape index (κ2) is 10.8. The monoisotopic (exact) mass is 574 g/mol. The van der Waals surface area contributed by atoms with Crippen LogP contribution in [0.25, 0.3) is 11.2 Å². The maximum Gasteiger partial charge on any atom is 0.481 e.